The molecule has 0 radical (unpaired) electrons. The summed E-state index contributed by atoms with van der Waals surface area (Å²) < 4.78 is 8.04. The van der Waals surface area contributed by atoms with Crippen molar-refractivity contribution in [1.82, 2.24) is 20.1 Å². The van der Waals surface area contributed by atoms with Gasteiger partial charge in [-0.3, -0.25) is 4.79 Å². The van der Waals surface area contributed by atoms with Gasteiger partial charge in [0.25, 0.3) is 0 Å². The third kappa shape index (κ3) is 5.20. The quantitative estimate of drug-likeness (QED) is 0.632. The standard InChI is InChI=1S/C20H27ClN4O2S/c1-4-25-19(14(3)27-16-9-10-17(21)13(2)11-16)23-24-20(25)28-12-18(26)22-15-7-5-6-8-15/h9-11,14-15H,4-8,12H2,1-3H3,(H,22,26). The maximum absolute atomic E-state index is 12.2. The number of benzene rings is 1. The maximum Gasteiger partial charge on any atom is 0.230 e. The molecule has 1 atom stereocenters. The number of hydrogen-bond acceptors (Lipinski definition) is 5. The van der Waals surface area contributed by atoms with Crippen LogP contribution in [0.15, 0.2) is 23.4 Å². The summed E-state index contributed by atoms with van der Waals surface area (Å²) in [6.07, 6.45) is 4.32. The smallest absolute Gasteiger partial charge is 0.230 e. The van der Waals surface area contributed by atoms with E-state index in [2.05, 4.69) is 15.5 Å². The van der Waals surface area contributed by atoms with E-state index < -0.39 is 0 Å². The summed E-state index contributed by atoms with van der Waals surface area (Å²) in [4.78, 5) is 12.2. The van der Waals surface area contributed by atoms with Gasteiger partial charge in [-0.2, -0.15) is 0 Å². The summed E-state index contributed by atoms with van der Waals surface area (Å²) in [6, 6.07) is 5.92. The van der Waals surface area contributed by atoms with Gasteiger partial charge in [-0.05, 0) is 57.4 Å². The molecule has 152 valence electrons. The Labute approximate surface area is 175 Å². The third-order valence-corrected chi connectivity index (χ3v) is 6.31. The molecule has 2 aromatic rings. The second-order valence-electron chi connectivity index (χ2n) is 7.09. The number of carbonyl (C=O) groups is 1. The third-order valence-electron chi connectivity index (χ3n) is 4.92. The summed E-state index contributed by atoms with van der Waals surface area (Å²) in [5, 5.41) is 13.2. The Morgan fingerprint density at radius 1 is 1.39 bits per heavy atom. The average molecular weight is 423 g/mol. The molecule has 8 heteroatoms. The summed E-state index contributed by atoms with van der Waals surface area (Å²) in [7, 11) is 0. The van der Waals surface area contributed by atoms with Crippen molar-refractivity contribution in [3.63, 3.8) is 0 Å². The highest BCUT2D eigenvalue weighted by atomic mass is 35.5. The molecule has 1 fully saturated rings. The minimum Gasteiger partial charge on any atom is -0.483 e. The lowest BCUT2D eigenvalue weighted by Gasteiger charge is -2.16. The normalized spacial score (nSPS) is 15.6. The van der Waals surface area contributed by atoms with E-state index in [1.165, 1.54) is 24.6 Å². The first-order chi connectivity index (χ1) is 13.5. The van der Waals surface area contributed by atoms with Gasteiger partial charge in [0.2, 0.25) is 5.91 Å². The molecule has 3 rings (SSSR count). The van der Waals surface area contributed by atoms with Gasteiger partial charge in [-0.25, -0.2) is 0 Å². The zero-order valence-corrected chi connectivity index (χ0v) is 18.1. The van der Waals surface area contributed by atoms with Gasteiger partial charge < -0.3 is 14.6 Å². The van der Waals surface area contributed by atoms with E-state index in [0.717, 1.165) is 35.1 Å². The maximum atomic E-state index is 12.2. The van der Waals surface area contributed by atoms with Crippen LogP contribution in [0.1, 0.15) is 57.0 Å². The lowest BCUT2D eigenvalue weighted by Crippen LogP contribution is -2.33. The van der Waals surface area contributed by atoms with Crippen molar-refractivity contribution in [1.29, 1.82) is 0 Å². The van der Waals surface area contributed by atoms with Crippen LogP contribution in [0.25, 0.3) is 0 Å². The first-order valence-electron chi connectivity index (χ1n) is 9.76. The molecule has 0 bridgehead atoms. The van der Waals surface area contributed by atoms with Crippen LogP contribution >= 0.6 is 23.4 Å². The fourth-order valence-electron chi connectivity index (χ4n) is 3.42. The molecule has 6 nitrogen and oxygen atoms in total. The number of nitrogens with one attached hydrogen (secondary N) is 1. The SMILES string of the molecule is CCn1c(SCC(=O)NC2CCCC2)nnc1C(C)Oc1ccc(Cl)c(C)c1. The van der Waals surface area contributed by atoms with Crippen LogP contribution < -0.4 is 10.1 Å². The van der Waals surface area contributed by atoms with Gasteiger partial charge in [0, 0.05) is 17.6 Å². The van der Waals surface area contributed by atoms with Crippen molar-refractivity contribution >= 4 is 29.3 Å². The van der Waals surface area contributed by atoms with Crippen molar-refractivity contribution in [3.05, 3.63) is 34.6 Å². The number of nitrogens with zero attached hydrogens (tertiary/aromatic N) is 3. The minimum absolute atomic E-state index is 0.0602. The Bertz CT molecular complexity index is 821. The summed E-state index contributed by atoms with van der Waals surface area (Å²) in [5.41, 5.74) is 0.966. The average Bonchev–Trinajstić information content (AvgIpc) is 3.32. The highest BCUT2D eigenvalue weighted by molar-refractivity contribution is 7.99. The van der Waals surface area contributed by atoms with E-state index in [4.69, 9.17) is 16.3 Å². The molecule has 1 aliphatic carbocycles. The Kier molecular flexibility index (Phi) is 7.24. The number of hydrogen-bond donors (Lipinski definition) is 1. The van der Waals surface area contributed by atoms with Crippen molar-refractivity contribution in [3.8, 4) is 5.75 Å². The summed E-state index contributed by atoms with van der Waals surface area (Å²) in [5.74, 6) is 1.89. The number of halogens is 1. The first-order valence-corrected chi connectivity index (χ1v) is 11.1. The highest BCUT2D eigenvalue weighted by Crippen LogP contribution is 2.27. The number of amides is 1. The molecule has 0 spiro atoms. The topological polar surface area (TPSA) is 69.0 Å². The minimum atomic E-state index is -0.269. The molecule has 1 aliphatic rings. The second-order valence-corrected chi connectivity index (χ2v) is 8.44. The number of ether oxygens (including phenoxy) is 1. The molecular weight excluding hydrogens is 396 g/mol. The van der Waals surface area contributed by atoms with Gasteiger partial charge in [0.1, 0.15) is 5.75 Å². The van der Waals surface area contributed by atoms with E-state index >= 15 is 0 Å². The van der Waals surface area contributed by atoms with Crippen molar-refractivity contribution < 1.29 is 9.53 Å². The fraction of sp³-hybridized carbons (Fsp3) is 0.550. The number of rotatable bonds is 8. The zero-order valence-electron chi connectivity index (χ0n) is 16.6. The fourth-order valence-corrected chi connectivity index (χ4v) is 4.36. The van der Waals surface area contributed by atoms with E-state index in [1.807, 2.05) is 43.5 Å². The molecule has 1 aromatic carbocycles. The van der Waals surface area contributed by atoms with Gasteiger partial charge in [-0.1, -0.05) is 36.2 Å². The molecule has 1 aromatic heterocycles. The molecule has 1 heterocycles. The van der Waals surface area contributed by atoms with Crippen molar-refractivity contribution in [2.24, 2.45) is 0 Å². The van der Waals surface area contributed by atoms with Gasteiger partial charge in [0.15, 0.2) is 17.1 Å². The molecule has 0 aliphatic heterocycles. The van der Waals surface area contributed by atoms with Crippen LogP contribution in [0.5, 0.6) is 5.75 Å². The van der Waals surface area contributed by atoms with E-state index in [9.17, 15) is 4.79 Å². The number of thioether (sulfide) groups is 1. The molecular formula is C20H27ClN4O2S. The Balaban J connectivity index is 1.61. The van der Waals surface area contributed by atoms with E-state index in [0.29, 0.717) is 23.4 Å². The number of aryl methyl sites for hydroxylation is 1. The lowest BCUT2D eigenvalue weighted by molar-refractivity contribution is -0.119. The number of carbonyl (C=O) groups excluding carboxylic acids is 1. The molecule has 28 heavy (non-hydrogen) atoms. The van der Waals surface area contributed by atoms with Crippen LogP contribution in [0.2, 0.25) is 5.02 Å². The van der Waals surface area contributed by atoms with Crippen LogP contribution in [0.4, 0.5) is 0 Å². The molecule has 1 unspecified atom stereocenters. The second kappa shape index (κ2) is 9.65. The Morgan fingerprint density at radius 3 is 2.82 bits per heavy atom. The van der Waals surface area contributed by atoms with Crippen molar-refractivity contribution in [2.45, 2.75) is 70.3 Å². The van der Waals surface area contributed by atoms with Gasteiger partial charge >= 0.3 is 0 Å². The van der Waals surface area contributed by atoms with Crippen LogP contribution in [-0.4, -0.2) is 32.5 Å². The van der Waals surface area contributed by atoms with Gasteiger partial charge in [-0.15, -0.1) is 10.2 Å². The summed E-state index contributed by atoms with van der Waals surface area (Å²) in [6.45, 7) is 6.64. The zero-order chi connectivity index (χ0) is 20.1. The predicted molar refractivity (Wildman–Crippen MR) is 112 cm³/mol. The van der Waals surface area contributed by atoms with Crippen LogP contribution in [-0.2, 0) is 11.3 Å². The first kappa shape index (κ1) is 21.0. The van der Waals surface area contributed by atoms with E-state index in [-0.39, 0.29) is 12.0 Å². The largest absolute Gasteiger partial charge is 0.483 e. The van der Waals surface area contributed by atoms with Crippen molar-refractivity contribution in [2.75, 3.05) is 5.75 Å². The molecule has 1 N–H and O–H groups in total. The number of aromatic nitrogens is 3. The Hall–Kier alpha value is -1.73. The monoisotopic (exact) mass is 422 g/mol. The van der Waals surface area contributed by atoms with Crippen LogP contribution in [0, 0.1) is 6.92 Å². The predicted octanol–water partition coefficient (Wildman–Crippen LogP) is 4.55. The van der Waals surface area contributed by atoms with Gasteiger partial charge in [0.05, 0.1) is 5.75 Å². The molecule has 0 saturated heterocycles. The van der Waals surface area contributed by atoms with Crippen LogP contribution in [0.3, 0.4) is 0 Å². The molecule has 1 amide bonds. The summed E-state index contributed by atoms with van der Waals surface area (Å²) >= 11 is 7.50. The molecule has 1 saturated carbocycles. The highest BCUT2D eigenvalue weighted by Gasteiger charge is 2.21. The van der Waals surface area contributed by atoms with E-state index in [1.54, 1.807) is 0 Å². The Morgan fingerprint density at radius 2 is 2.14 bits per heavy atom. The lowest BCUT2D eigenvalue weighted by atomic mass is 10.2.